The molecule has 0 radical (unpaired) electrons. The number of amidine groups is 1. The van der Waals surface area contributed by atoms with Crippen molar-refractivity contribution in [3.63, 3.8) is 0 Å². The van der Waals surface area contributed by atoms with Crippen molar-refractivity contribution in [1.29, 1.82) is 5.26 Å². The third kappa shape index (κ3) is 7.59. The maximum absolute atomic E-state index is 8.52. The summed E-state index contributed by atoms with van der Waals surface area (Å²) in [6.45, 7) is 2.16. The van der Waals surface area contributed by atoms with Crippen LogP contribution >= 0.6 is 11.8 Å². The number of nitrogens with zero attached hydrogens (tertiary/aromatic N) is 3. The molecule has 0 amide bonds. The van der Waals surface area contributed by atoms with Gasteiger partial charge in [-0.2, -0.15) is 5.26 Å². The maximum atomic E-state index is 8.52. The van der Waals surface area contributed by atoms with E-state index in [1.165, 1.54) is 17.3 Å². The predicted octanol–water partition coefficient (Wildman–Crippen LogP) is 2.31. The predicted molar refractivity (Wildman–Crippen MR) is 88.5 cm³/mol. The summed E-state index contributed by atoms with van der Waals surface area (Å²) in [6.07, 6.45) is 4.57. The van der Waals surface area contributed by atoms with E-state index in [1.807, 2.05) is 38.7 Å². The van der Waals surface area contributed by atoms with Crippen molar-refractivity contribution in [2.24, 2.45) is 4.99 Å². The van der Waals surface area contributed by atoms with Crippen molar-refractivity contribution in [2.45, 2.75) is 13.0 Å². The van der Waals surface area contributed by atoms with Crippen molar-refractivity contribution in [1.82, 2.24) is 10.2 Å². The molecule has 0 aliphatic heterocycles. The average molecular weight is 306 g/mol. The number of hydrogen-bond acceptors (Lipinski definition) is 5. The van der Waals surface area contributed by atoms with Gasteiger partial charge in [0, 0.05) is 19.5 Å². The van der Waals surface area contributed by atoms with E-state index in [9.17, 15) is 0 Å². The lowest BCUT2D eigenvalue weighted by Crippen LogP contribution is -2.14. The first-order chi connectivity index (χ1) is 10.2. The maximum Gasteiger partial charge on any atom is 0.183 e. The first-order valence-electron chi connectivity index (χ1n) is 6.75. The third-order valence-electron chi connectivity index (χ3n) is 2.58. The van der Waals surface area contributed by atoms with Gasteiger partial charge in [-0.3, -0.25) is 10.3 Å². The Bertz CT molecular complexity index is 497. The lowest BCUT2D eigenvalue weighted by molar-refractivity contribution is 0.312. The van der Waals surface area contributed by atoms with Crippen LogP contribution in [-0.2, 0) is 6.54 Å². The molecule has 114 valence electrons. The summed E-state index contributed by atoms with van der Waals surface area (Å²) in [6, 6.07) is 8.13. The summed E-state index contributed by atoms with van der Waals surface area (Å²) in [4.78, 5) is 6.40. The molecule has 1 aromatic carbocycles. The fraction of sp³-hybridized carbons (Fsp3) is 0.467. The lowest BCUT2D eigenvalue weighted by Gasteiger charge is -2.11. The Labute approximate surface area is 131 Å². The zero-order valence-electron chi connectivity index (χ0n) is 12.8. The Morgan fingerprint density at radius 3 is 2.95 bits per heavy atom. The van der Waals surface area contributed by atoms with Crippen LogP contribution in [0.15, 0.2) is 29.3 Å². The lowest BCUT2D eigenvalue weighted by atomic mass is 10.2. The Morgan fingerprint density at radius 2 is 2.29 bits per heavy atom. The molecule has 0 bridgehead atoms. The highest BCUT2D eigenvalue weighted by Gasteiger charge is 1.99. The van der Waals surface area contributed by atoms with E-state index in [0.29, 0.717) is 18.3 Å². The van der Waals surface area contributed by atoms with Gasteiger partial charge in [0.2, 0.25) is 0 Å². The molecule has 1 N–H and O–H groups in total. The average Bonchev–Trinajstić information content (AvgIpc) is 2.45. The number of rotatable bonds is 7. The minimum absolute atomic E-state index is 0.614. The molecule has 1 aromatic rings. The molecular formula is C15H22N4OS. The van der Waals surface area contributed by atoms with Crippen molar-refractivity contribution >= 4 is 16.9 Å². The van der Waals surface area contributed by atoms with Gasteiger partial charge >= 0.3 is 0 Å². The fourth-order valence-electron chi connectivity index (χ4n) is 1.74. The normalized spacial score (nSPS) is 11.3. The topological polar surface area (TPSA) is 60.6 Å². The smallest absolute Gasteiger partial charge is 0.183 e. The minimum Gasteiger partial charge on any atom is -0.494 e. The van der Waals surface area contributed by atoms with Gasteiger partial charge in [-0.15, -0.1) is 0 Å². The van der Waals surface area contributed by atoms with Crippen LogP contribution in [-0.4, -0.2) is 43.6 Å². The van der Waals surface area contributed by atoms with Crippen LogP contribution in [0, 0.1) is 11.5 Å². The molecule has 0 saturated carbocycles. The van der Waals surface area contributed by atoms with Gasteiger partial charge in [-0.05, 0) is 38.0 Å². The second-order valence-electron chi connectivity index (χ2n) is 4.72. The SMILES string of the molecule is CSC(=NCCCOc1cccc(CN(C)C)c1)NC#N. The zero-order chi connectivity index (χ0) is 15.5. The monoisotopic (exact) mass is 306 g/mol. The number of thioether (sulfide) groups is 1. The van der Waals surface area contributed by atoms with Crippen LogP contribution in [0.25, 0.3) is 0 Å². The number of hydrogen-bond donors (Lipinski definition) is 1. The van der Waals surface area contributed by atoms with Crippen molar-refractivity contribution in [2.75, 3.05) is 33.5 Å². The van der Waals surface area contributed by atoms with Crippen molar-refractivity contribution < 1.29 is 4.74 Å². The van der Waals surface area contributed by atoms with E-state index >= 15 is 0 Å². The van der Waals surface area contributed by atoms with Crippen molar-refractivity contribution in [3.05, 3.63) is 29.8 Å². The summed E-state index contributed by atoms with van der Waals surface area (Å²) in [5.74, 6) is 0.888. The Morgan fingerprint density at radius 1 is 1.48 bits per heavy atom. The molecule has 0 spiro atoms. The molecule has 0 aliphatic rings. The highest BCUT2D eigenvalue weighted by atomic mass is 32.2. The third-order valence-corrected chi connectivity index (χ3v) is 3.20. The van der Waals surface area contributed by atoms with E-state index in [0.717, 1.165) is 18.7 Å². The quantitative estimate of drug-likeness (QED) is 0.275. The number of ether oxygens (including phenoxy) is 1. The van der Waals surface area contributed by atoms with Crippen LogP contribution in [0.3, 0.4) is 0 Å². The fourth-order valence-corrected chi connectivity index (χ4v) is 2.10. The summed E-state index contributed by atoms with van der Waals surface area (Å²) >= 11 is 1.43. The van der Waals surface area contributed by atoms with Crippen molar-refractivity contribution in [3.8, 4) is 11.9 Å². The molecular weight excluding hydrogens is 284 g/mol. The van der Waals surface area contributed by atoms with Gasteiger partial charge in [0.15, 0.2) is 11.4 Å². The van der Waals surface area contributed by atoms with E-state index < -0.39 is 0 Å². The molecule has 0 atom stereocenters. The van der Waals surface area contributed by atoms with Crippen LogP contribution in [0.2, 0.25) is 0 Å². The zero-order valence-corrected chi connectivity index (χ0v) is 13.6. The Hall–Kier alpha value is -1.71. The standard InChI is InChI=1S/C15H22N4OS/c1-19(2)11-13-6-4-7-14(10-13)20-9-5-8-17-15(21-3)18-12-16/h4,6-7,10H,5,8-9,11H2,1-3H3,(H,17,18). The molecule has 0 aliphatic carbocycles. The summed E-state index contributed by atoms with van der Waals surface area (Å²) < 4.78 is 5.72. The van der Waals surface area contributed by atoms with Gasteiger partial charge in [-0.1, -0.05) is 23.9 Å². The summed E-state index contributed by atoms with van der Waals surface area (Å²) in [7, 11) is 4.09. The highest BCUT2D eigenvalue weighted by molar-refractivity contribution is 8.13. The molecule has 0 unspecified atom stereocenters. The van der Waals surface area contributed by atoms with Crippen LogP contribution in [0.5, 0.6) is 5.75 Å². The Kier molecular flexibility index (Phi) is 8.32. The number of aliphatic imine (C=N–C) groups is 1. The highest BCUT2D eigenvalue weighted by Crippen LogP contribution is 2.14. The second kappa shape index (κ2) is 10.1. The van der Waals surface area contributed by atoms with Gasteiger partial charge in [-0.25, -0.2) is 0 Å². The van der Waals surface area contributed by atoms with Gasteiger partial charge in [0.1, 0.15) is 5.75 Å². The molecule has 1 rings (SSSR count). The molecule has 5 nitrogen and oxygen atoms in total. The number of nitrogens with one attached hydrogen (secondary N) is 1. The Balaban J connectivity index is 2.34. The number of nitriles is 1. The molecule has 0 aromatic heterocycles. The van der Waals surface area contributed by atoms with Gasteiger partial charge in [0.25, 0.3) is 0 Å². The van der Waals surface area contributed by atoms with Gasteiger partial charge in [0.05, 0.1) is 6.61 Å². The molecule has 6 heteroatoms. The van der Waals surface area contributed by atoms with E-state index in [-0.39, 0.29) is 0 Å². The molecule has 0 saturated heterocycles. The van der Waals surface area contributed by atoms with Crippen LogP contribution in [0.1, 0.15) is 12.0 Å². The first-order valence-corrected chi connectivity index (χ1v) is 7.98. The first kappa shape index (κ1) is 17.3. The van der Waals surface area contributed by atoms with Crippen LogP contribution < -0.4 is 10.1 Å². The summed E-state index contributed by atoms with van der Waals surface area (Å²) in [5, 5.41) is 11.7. The van der Waals surface area contributed by atoms with E-state index in [4.69, 9.17) is 10.00 Å². The molecule has 21 heavy (non-hydrogen) atoms. The largest absolute Gasteiger partial charge is 0.494 e. The second-order valence-corrected chi connectivity index (χ2v) is 5.51. The van der Waals surface area contributed by atoms with E-state index in [2.05, 4.69) is 27.3 Å². The van der Waals surface area contributed by atoms with Gasteiger partial charge < -0.3 is 9.64 Å². The summed E-state index contributed by atoms with van der Waals surface area (Å²) in [5.41, 5.74) is 1.23. The van der Waals surface area contributed by atoms with E-state index in [1.54, 1.807) is 0 Å². The number of benzene rings is 1. The minimum atomic E-state index is 0.614. The molecule has 0 heterocycles. The van der Waals surface area contributed by atoms with Crippen LogP contribution in [0.4, 0.5) is 0 Å². The molecule has 0 fully saturated rings.